The highest BCUT2D eigenvalue weighted by Crippen LogP contribution is 2.21. The van der Waals surface area contributed by atoms with Gasteiger partial charge in [-0.05, 0) is 37.1 Å². The quantitative estimate of drug-likeness (QED) is 0.728. The topological polar surface area (TPSA) is 74.8 Å². The van der Waals surface area contributed by atoms with Gasteiger partial charge in [0.05, 0.1) is 13.2 Å². The van der Waals surface area contributed by atoms with Crippen LogP contribution in [-0.4, -0.2) is 68.0 Å². The molecule has 0 amide bonds. The Morgan fingerprint density at radius 3 is 2.57 bits per heavy atom. The molecule has 7 nitrogen and oxygen atoms in total. The lowest BCUT2D eigenvalue weighted by Crippen LogP contribution is -2.43. The van der Waals surface area contributed by atoms with Crippen molar-refractivity contribution in [3.05, 3.63) is 54.2 Å². The van der Waals surface area contributed by atoms with Crippen LogP contribution in [0.15, 0.2) is 53.6 Å². The third-order valence-electron chi connectivity index (χ3n) is 5.84. The minimum atomic E-state index is -3.50. The summed E-state index contributed by atoms with van der Waals surface area (Å²) in [6, 6.07) is 14.4. The molecule has 0 spiro atoms. The van der Waals surface area contributed by atoms with Gasteiger partial charge in [-0.1, -0.05) is 36.8 Å². The zero-order valence-electron chi connectivity index (χ0n) is 17.2. The normalized spacial score (nSPS) is 21.4. The summed E-state index contributed by atoms with van der Waals surface area (Å²) in [4.78, 5) is 7.13. The molecule has 8 heteroatoms. The van der Waals surface area contributed by atoms with E-state index in [1.54, 1.807) is 12.1 Å². The number of nitrogens with one attached hydrogen (secondary N) is 1. The number of sulfonamides is 1. The summed E-state index contributed by atoms with van der Waals surface area (Å²) in [5, 5.41) is 3.41. The monoisotopic (exact) mass is 430 g/mol. The fourth-order valence-electron chi connectivity index (χ4n) is 4.11. The van der Waals surface area contributed by atoms with E-state index in [4.69, 9.17) is 4.74 Å². The first-order chi connectivity index (χ1) is 14.6. The van der Waals surface area contributed by atoms with Crippen LogP contribution in [0.1, 0.15) is 24.8 Å². The molecule has 1 N–H and O–H groups in total. The van der Waals surface area contributed by atoms with Gasteiger partial charge in [-0.25, -0.2) is 13.4 Å². The lowest BCUT2D eigenvalue weighted by atomic mass is 10.0. The first-order valence-corrected chi connectivity index (χ1v) is 12.1. The van der Waals surface area contributed by atoms with Gasteiger partial charge in [0.2, 0.25) is 10.0 Å². The molecule has 4 rings (SSSR count). The summed E-state index contributed by atoms with van der Waals surface area (Å²) >= 11 is 0. The maximum Gasteiger partial charge on any atom is 0.244 e. The molecule has 0 aliphatic carbocycles. The molecule has 2 aliphatic rings. The van der Waals surface area contributed by atoms with E-state index in [9.17, 15) is 8.42 Å². The molecule has 0 bridgehead atoms. The first kappa shape index (κ1) is 21.2. The minimum absolute atomic E-state index is 0.235. The van der Waals surface area contributed by atoms with Crippen LogP contribution in [0.2, 0.25) is 0 Å². The van der Waals surface area contributed by atoms with Gasteiger partial charge in [-0.2, -0.15) is 4.31 Å². The number of nitrogens with zero attached hydrogens (tertiary/aromatic N) is 3. The number of piperidine rings is 1. The zero-order valence-corrected chi connectivity index (χ0v) is 18.1. The number of ether oxygens (including phenoxy) is 1. The molecule has 1 aromatic heterocycles. The molecule has 2 aromatic rings. The Balaban J connectivity index is 1.36. The second kappa shape index (κ2) is 9.87. The highest BCUT2D eigenvalue weighted by molar-refractivity contribution is 7.89. The maximum absolute atomic E-state index is 12.7. The number of morpholine rings is 1. The predicted molar refractivity (Wildman–Crippen MR) is 117 cm³/mol. The Morgan fingerprint density at radius 1 is 1.03 bits per heavy atom. The molecular formula is C22H30N4O3S. The smallest absolute Gasteiger partial charge is 0.244 e. The highest BCUT2D eigenvalue weighted by Gasteiger charge is 2.27. The Labute approximate surface area is 179 Å². The van der Waals surface area contributed by atoms with E-state index in [2.05, 4.69) is 39.5 Å². The molecule has 30 heavy (non-hydrogen) atoms. The van der Waals surface area contributed by atoms with Gasteiger partial charge in [-0.3, -0.25) is 4.90 Å². The average molecular weight is 431 g/mol. The van der Waals surface area contributed by atoms with E-state index >= 15 is 0 Å². The van der Waals surface area contributed by atoms with Crippen LogP contribution in [0.25, 0.3) is 0 Å². The van der Waals surface area contributed by atoms with Gasteiger partial charge >= 0.3 is 0 Å². The molecule has 3 heterocycles. The van der Waals surface area contributed by atoms with Crippen molar-refractivity contribution in [1.82, 2.24) is 14.2 Å². The molecule has 1 aromatic carbocycles. The highest BCUT2D eigenvalue weighted by atomic mass is 32.2. The van der Waals surface area contributed by atoms with Gasteiger partial charge in [0, 0.05) is 38.4 Å². The summed E-state index contributed by atoms with van der Waals surface area (Å²) in [5.74, 6) is 0.709. The molecule has 0 saturated carbocycles. The summed E-state index contributed by atoms with van der Waals surface area (Å²) in [5.41, 5.74) is 1.33. The number of aromatic nitrogens is 1. The molecule has 1 unspecified atom stereocenters. The summed E-state index contributed by atoms with van der Waals surface area (Å²) < 4.78 is 32.2. The lowest BCUT2D eigenvalue weighted by molar-refractivity contribution is 0.0730. The number of hydrogen-bond donors (Lipinski definition) is 1. The van der Waals surface area contributed by atoms with Crippen LogP contribution < -0.4 is 5.32 Å². The standard InChI is InChI=1S/C22H30N4O3S/c27-30(28,26-12-14-29-15-13-26)21-9-10-22(24-17-21)23-16-20-8-4-5-11-25(20)18-19-6-2-1-3-7-19/h1-3,6-7,9-10,17,20H,4-5,8,11-16,18H2,(H,23,24). The van der Waals surface area contributed by atoms with E-state index < -0.39 is 10.0 Å². The number of pyridine rings is 1. The van der Waals surface area contributed by atoms with Crippen LogP contribution in [-0.2, 0) is 21.3 Å². The van der Waals surface area contributed by atoms with Crippen molar-refractivity contribution in [2.45, 2.75) is 36.7 Å². The van der Waals surface area contributed by atoms with Crippen molar-refractivity contribution < 1.29 is 13.2 Å². The fraction of sp³-hybridized carbons (Fsp3) is 0.500. The molecule has 2 aliphatic heterocycles. The molecule has 162 valence electrons. The van der Waals surface area contributed by atoms with Gasteiger partial charge in [0.25, 0.3) is 0 Å². The van der Waals surface area contributed by atoms with E-state index in [0.29, 0.717) is 38.2 Å². The third kappa shape index (κ3) is 5.18. The summed E-state index contributed by atoms with van der Waals surface area (Å²) in [6.45, 7) is 4.51. The van der Waals surface area contributed by atoms with Gasteiger partial charge in [0.1, 0.15) is 10.7 Å². The maximum atomic E-state index is 12.7. The number of likely N-dealkylation sites (tertiary alicyclic amines) is 1. The first-order valence-electron chi connectivity index (χ1n) is 10.7. The largest absolute Gasteiger partial charge is 0.379 e. The second-order valence-corrected chi connectivity index (χ2v) is 9.82. The van der Waals surface area contributed by atoms with Crippen LogP contribution in [0, 0.1) is 0 Å². The number of anilines is 1. The fourth-order valence-corrected chi connectivity index (χ4v) is 5.47. The van der Waals surface area contributed by atoms with E-state index in [1.165, 1.54) is 28.9 Å². The lowest BCUT2D eigenvalue weighted by Gasteiger charge is -2.36. The third-order valence-corrected chi connectivity index (χ3v) is 7.72. The van der Waals surface area contributed by atoms with Crippen molar-refractivity contribution >= 4 is 15.8 Å². The summed E-state index contributed by atoms with van der Waals surface area (Å²) in [7, 11) is -3.50. The Morgan fingerprint density at radius 2 is 1.83 bits per heavy atom. The molecule has 1 atom stereocenters. The number of hydrogen-bond acceptors (Lipinski definition) is 6. The van der Waals surface area contributed by atoms with Gasteiger partial charge in [-0.15, -0.1) is 0 Å². The second-order valence-electron chi connectivity index (χ2n) is 7.88. The summed E-state index contributed by atoms with van der Waals surface area (Å²) in [6.07, 6.45) is 5.08. The number of rotatable bonds is 7. The van der Waals surface area contributed by atoms with Crippen molar-refractivity contribution in [3.8, 4) is 0 Å². The minimum Gasteiger partial charge on any atom is -0.379 e. The van der Waals surface area contributed by atoms with Gasteiger partial charge in [0.15, 0.2) is 0 Å². The average Bonchev–Trinajstić information content (AvgIpc) is 2.80. The van der Waals surface area contributed by atoms with E-state index in [1.807, 2.05) is 6.07 Å². The van der Waals surface area contributed by atoms with Crippen LogP contribution in [0.4, 0.5) is 5.82 Å². The molecule has 2 saturated heterocycles. The van der Waals surface area contributed by atoms with Crippen molar-refractivity contribution in [2.75, 3.05) is 44.7 Å². The van der Waals surface area contributed by atoms with Gasteiger partial charge < -0.3 is 10.1 Å². The van der Waals surface area contributed by atoms with E-state index in [-0.39, 0.29) is 4.90 Å². The Hall–Kier alpha value is -2.00. The molecular weight excluding hydrogens is 400 g/mol. The predicted octanol–water partition coefficient (Wildman–Crippen LogP) is 2.57. The SMILES string of the molecule is O=S(=O)(c1ccc(NCC2CCCCN2Cc2ccccc2)nc1)N1CCOCC1. The van der Waals surface area contributed by atoms with Crippen LogP contribution in [0.3, 0.4) is 0 Å². The van der Waals surface area contributed by atoms with Crippen molar-refractivity contribution in [1.29, 1.82) is 0 Å². The van der Waals surface area contributed by atoms with Crippen molar-refractivity contribution in [2.24, 2.45) is 0 Å². The van der Waals surface area contributed by atoms with Crippen LogP contribution >= 0.6 is 0 Å². The van der Waals surface area contributed by atoms with Crippen LogP contribution in [0.5, 0.6) is 0 Å². The molecule has 0 radical (unpaired) electrons. The zero-order chi connectivity index (χ0) is 20.8. The van der Waals surface area contributed by atoms with E-state index in [0.717, 1.165) is 26.1 Å². The molecule has 2 fully saturated rings. The number of benzene rings is 1. The Kier molecular flexibility index (Phi) is 6.99. The van der Waals surface area contributed by atoms with Crippen molar-refractivity contribution in [3.63, 3.8) is 0 Å². The Bertz CT molecular complexity index is 900.